The van der Waals surface area contributed by atoms with Crippen LogP contribution < -0.4 is 10.9 Å². The van der Waals surface area contributed by atoms with Crippen LogP contribution >= 0.6 is 12.4 Å². The molecular weight excluding hydrogens is 340 g/mol. The molecule has 136 valence electrons. The fraction of sp³-hybridized carbons (Fsp3) is 0.500. The minimum absolute atomic E-state index is 0. The molecule has 1 aromatic heterocycles. The van der Waals surface area contributed by atoms with Crippen LogP contribution in [0.4, 0.5) is 0 Å². The van der Waals surface area contributed by atoms with Gasteiger partial charge in [0.25, 0.3) is 5.56 Å². The summed E-state index contributed by atoms with van der Waals surface area (Å²) in [7, 11) is 1.91. The van der Waals surface area contributed by atoms with Gasteiger partial charge in [0.1, 0.15) is 0 Å². The first kappa shape index (κ1) is 19.4. The second kappa shape index (κ2) is 8.45. The topological polar surface area (TPSA) is 67.2 Å². The molecule has 1 saturated heterocycles. The Balaban J connectivity index is 0.00000225. The van der Waals surface area contributed by atoms with E-state index in [1.807, 2.05) is 31.0 Å². The molecule has 2 heterocycles. The molecule has 0 spiro atoms. The van der Waals surface area contributed by atoms with Gasteiger partial charge in [-0.2, -0.15) is 0 Å². The first-order valence-electron chi connectivity index (χ1n) is 8.50. The Kier molecular flexibility index (Phi) is 6.56. The molecule has 2 aromatic rings. The number of likely N-dealkylation sites (tertiary alicyclic amines) is 1. The van der Waals surface area contributed by atoms with E-state index >= 15 is 0 Å². The fourth-order valence-corrected chi connectivity index (χ4v) is 3.47. The summed E-state index contributed by atoms with van der Waals surface area (Å²) in [6, 6.07) is 5.87. The number of carbonyl (C=O) groups is 1. The van der Waals surface area contributed by atoms with E-state index in [4.69, 9.17) is 0 Å². The monoisotopic (exact) mass is 364 g/mol. The number of benzene rings is 1. The number of fused-ring (bicyclic) bond motifs is 1. The number of amides is 1. The third kappa shape index (κ3) is 4.02. The first-order valence-corrected chi connectivity index (χ1v) is 8.50. The molecule has 1 atom stereocenters. The van der Waals surface area contributed by atoms with Gasteiger partial charge in [0.15, 0.2) is 0 Å². The molecule has 1 fully saturated rings. The predicted octanol–water partition coefficient (Wildman–Crippen LogP) is 1.73. The lowest BCUT2D eigenvalue weighted by atomic mass is 10.1. The number of carbonyl (C=O) groups excluding carboxylic acids is 1. The Hall–Kier alpha value is -1.92. The molecule has 3 rings (SSSR count). The van der Waals surface area contributed by atoms with Crippen LogP contribution in [0.3, 0.4) is 0 Å². The molecule has 7 heteroatoms. The molecule has 1 amide bonds. The maximum absolute atomic E-state index is 12.6. The smallest absolute Gasteiger partial charge is 0.261 e. The van der Waals surface area contributed by atoms with Gasteiger partial charge in [-0.15, -0.1) is 12.4 Å². The van der Waals surface area contributed by atoms with Crippen molar-refractivity contribution < 1.29 is 4.79 Å². The van der Waals surface area contributed by atoms with Crippen molar-refractivity contribution in [3.05, 3.63) is 40.4 Å². The number of aromatic nitrogens is 2. The van der Waals surface area contributed by atoms with E-state index in [2.05, 4.69) is 10.3 Å². The van der Waals surface area contributed by atoms with Gasteiger partial charge >= 0.3 is 0 Å². The van der Waals surface area contributed by atoms with Crippen molar-refractivity contribution in [2.45, 2.75) is 38.8 Å². The zero-order valence-corrected chi connectivity index (χ0v) is 15.5. The van der Waals surface area contributed by atoms with Crippen LogP contribution in [0.2, 0.25) is 0 Å². The van der Waals surface area contributed by atoms with Crippen LogP contribution in [-0.4, -0.2) is 46.5 Å². The van der Waals surface area contributed by atoms with E-state index in [1.54, 1.807) is 17.0 Å². The first-order chi connectivity index (χ1) is 11.6. The lowest BCUT2D eigenvalue weighted by Gasteiger charge is -2.24. The Morgan fingerprint density at radius 2 is 2.20 bits per heavy atom. The van der Waals surface area contributed by atoms with E-state index in [0.29, 0.717) is 18.4 Å². The molecular formula is C18H25ClN4O2. The predicted molar refractivity (Wildman–Crippen MR) is 101 cm³/mol. The number of nitrogens with zero attached hydrogens (tertiary/aromatic N) is 3. The van der Waals surface area contributed by atoms with Crippen molar-refractivity contribution in [1.29, 1.82) is 0 Å². The Labute approximate surface area is 153 Å². The quantitative estimate of drug-likeness (QED) is 0.877. The number of halogens is 1. The second-order valence-corrected chi connectivity index (χ2v) is 6.41. The van der Waals surface area contributed by atoms with E-state index in [9.17, 15) is 9.59 Å². The molecule has 0 radical (unpaired) electrons. The lowest BCUT2D eigenvalue weighted by Crippen LogP contribution is -2.41. The molecule has 1 unspecified atom stereocenters. The molecule has 1 N–H and O–H groups in total. The maximum Gasteiger partial charge on any atom is 0.261 e. The van der Waals surface area contributed by atoms with Crippen LogP contribution in [0.5, 0.6) is 0 Å². The zero-order valence-electron chi connectivity index (χ0n) is 14.7. The van der Waals surface area contributed by atoms with Gasteiger partial charge in [0, 0.05) is 32.1 Å². The molecule has 1 aliphatic rings. The third-order valence-corrected chi connectivity index (χ3v) is 4.76. The minimum atomic E-state index is -0.0790. The third-order valence-electron chi connectivity index (χ3n) is 4.76. The average Bonchev–Trinajstić information content (AvgIpc) is 3.03. The highest BCUT2D eigenvalue weighted by molar-refractivity contribution is 5.85. The van der Waals surface area contributed by atoms with Crippen LogP contribution in [0.25, 0.3) is 10.9 Å². The Bertz CT molecular complexity index is 805. The average molecular weight is 365 g/mol. The van der Waals surface area contributed by atoms with Crippen LogP contribution in [0.1, 0.15) is 24.8 Å². The molecule has 1 aromatic carbocycles. The molecule has 0 bridgehead atoms. The molecule has 1 aliphatic heterocycles. The summed E-state index contributed by atoms with van der Waals surface area (Å²) in [5.74, 6) is 0.115. The van der Waals surface area contributed by atoms with Gasteiger partial charge in [-0.1, -0.05) is 12.1 Å². The summed E-state index contributed by atoms with van der Waals surface area (Å²) >= 11 is 0. The maximum atomic E-state index is 12.6. The van der Waals surface area contributed by atoms with E-state index in [1.165, 1.54) is 0 Å². The van der Waals surface area contributed by atoms with Crippen LogP contribution in [0.15, 0.2) is 29.3 Å². The minimum Gasteiger partial charge on any atom is -0.338 e. The van der Waals surface area contributed by atoms with Crippen molar-refractivity contribution >= 4 is 29.2 Å². The van der Waals surface area contributed by atoms with Crippen molar-refractivity contribution in [3.63, 3.8) is 0 Å². The highest BCUT2D eigenvalue weighted by Gasteiger charge is 2.27. The summed E-state index contributed by atoms with van der Waals surface area (Å²) < 4.78 is 1.54. The van der Waals surface area contributed by atoms with Crippen LogP contribution in [-0.2, 0) is 11.3 Å². The highest BCUT2D eigenvalue weighted by atomic mass is 35.5. The number of para-hydroxylation sites is 1. The van der Waals surface area contributed by atoms with E-state index < -0.39 is 0 Å². The number of hydrogen-bond donors (Lipinski definition) is 1. The number of nitrogens with one attached hydrogen (secondary N) is 1. The van der Waals surface area contributed by atoms with Gasteiger partial charge < -0.3 is 10.2 Å². The summed E-state index contributed by atoms with van der Waals surface area (Å²) in [5, 5.41) is 3.75. The normalized spacial score (nSPS) is 16.9. The molecule has 6 nitrogen and oxygen atoms in total. The van der Waals surface area contributed by atoms with Crippen molar-refractivity contribution in [2.75, 3.05) is 20.1 Å². The van der Waals surface area contributed by atoms with Crippen molar-refractivity contribution in [2.24, 2.45) is 0 Å². The zero-order chi connectivity index (χ0) is 17.1. The lowest BCUT2D eigenvalue weighted by molar-refractivity contribution is -0.132. The van der Waals surface area contributed by atoms with Gasteiger partial charge in [0.2, 0.25) is 5.91 Å². The fourth-order valence-electron chi connectivity index (χ4n) is 3.47. The van der Waals surface area contributed by atoms with Gasteiger partial charge in [-0.05, 0) is 38.4 Å². The second-order valence-electron chi connectivity index (χ2n) is 6.41. The largest absolute Gasteiger partial charge is 0.338 e. The van der Waals surface area contributed by atoms with Gasteiger partial charge in [-0.25, -0.2) is 4.98 Å². The molecule has 0 saturated carbocycles. The Morgan fingerprint density at radius 1 is 1.40 bits per heavy atom. The van der Waals surface area contributed by atoms with Gasteiger partial charge in [0.05, 0.1) is 17.2 Å². The SMILES string of the molecule is CNCC1CCCN1C(=O)CCn1cnc2c(C)cccc2c1=O.Cl. The van der Waals surface area contributed by atoms with Crippen molar-refractivity contribution in [3.8, 4) is 0 Å². The van der Waals surface area contributed by atoms with E-state index in [-0.39, 0.29) is 29.9 Å². The number of hydrogen-bond acceptors (Lipinski definition) is 4. The van der Waals surface area contributed by atoms with Crippen LogP contribution in [0, 0.1) is 6.92 Å². The van der Waals surface area contributed by atoms with E-state index in [0.717, 1.165) is 37.0 Å². The summed E-state index contributed by atoms with van der Waals surface area (Å²) in [6.45, 7) is 3.95. The summed E-state index contributed by atoms with van der Waals surface area (Å²) in [5.41, 5.74) is 1.64. The number of rotatable bonds is 5. The summed E-state index contributed by atoms with van der Waals surface area (Å²) in [6.07, 6.45) is 3.98. The number of likely N-dealkylation sites (N-methyl/N-ethyl adjacent to an activating group) is 1. The Morgan fingerprint density at radius 3 is 2.96 bits per heavy atom. The molecule has 25 heavy (non-hydrogen) atoms. The van der Waals surface area contributed by atoms with Gasteiger partial charge in [-0.3, -0.25) is 14.2 Å². The standard InChI is InChI=1S/C18H24N4O2.ClH/c1-13-5-3-7-15-17(13)20-12-21(18(15)24)10-8-16(23)22-9-4-6-14(22)11-19-2;/h3,5,7,12,14,19H,4,6,8-11H2,1-2H3;1H. The molecule has 0 aliphatic carbocycles. The van der Waals surface area contributed by atoms with Crippen molar-refractivity contribution in [1.82, 2.24) is 19.8 Å². The number of aryl methyl sites for hydroxylation is 2. The summed E-state index contributed by atoms with van der Waals surface area (Å²) in [4.78, 5) is 31.4. The highest BCUT2D eigenvalue weighted by Crippen LogP contribution is 2.18.